The van der Waals surface area contributed by atoms with Gasteiger partial charge in [0.05, 0.1) is 0 Å². The fraction of sp³-hybridized carbons (Fsp3) is 0.636. The molecule has 0 saturated heterocycles. The van der Waals surface area contributed by atoms with E-state index in [2.05, 4.69) is 40.8 Å². The van der Waals surface area contributed by atoms with Gasteiger partial charge in [-0.3, -0.25) is 0 Å². The van der Waals surface area contributed by atoms with Crippen LogP contribution >= 0.6 is 0 Å². The van der Waals surface area contributed by atoms with Gasteiger partial charge in [0, 0.05) is 5.60 Å². The Labute approximate surface area is 83.0 Å². The number of hydrogen-bond acceptors (Lipinski definition) is 1. The Morgan fingerprint density at radius 1 is 1.46 bits per heavy atom. The topological polar surface area (TPSA) is 9.23 Å². The summed E-state index contributed by atoms with van der Waals surface area (Å²) in [6.45, 7) is 16.1. The van der Waals surface area contributed by atoms with E-state index in [9.17, 15) is 0 Å². The minimum absolute atomic E-state index is 0.0868. The summed E-state index contributed by atoms with van der Waals surface area (Å²) in [5.74, 6) is 0. The monoisotopic (exact) mass is 180 g/mol. The summed E-state index contributed by atoms with van der Waals surface area (Å²) in [5.41, 5.74) is 1.06. The van der Waals surface area contributed by atoms with Gasteiger partial charge in [0.1, 0.15) is 0 Å². The van der Waals surface area contributed by atoms with Gasteiger partial charge >= 0.3 is 6.92 Å². The molecule has 0 N–H and O–H groups in total. The minimum atomic E-state index is -0.0868. The zero-order valence-corrected chi connectivity index (χ0v) is 9.39. The van der Waals surface area contributed by atoms with Crippen LogP contribution in [-0.4, -0.2) is 12.5 Å². The SMILES string of the molecule is C=CCCC(=C)B(C)OC(C)(C)C. The predicted molar refractivity (Wildman–Crippen MR) is 61.0 cm³/mol. The van der Waals surface area contributed by atoms with Crippen LogP contribution in [0.5, 0.6) is 0 Å². The van der Waals surface area contributed by atoms with Gasteiger partial charge in [-0.1, -0.05) is 18.4 Å². The second-order valence-electron chi connectivity index (χ2n) is 4.36. The summed E-state index contributed by atoms with van der Waals surface area (Å²) >= 11 is 0. The average molecular weight is 180 g/mol. The molecule has 0 bridgehead atoms. The minimum Gasteiger partial charge on any atom is -0.427 e. The van der Waals surface area contributed by atoms with E-state index >= 15 is 0 Å². The third kappa shape index (κ3) is 6.65. The van der Waals surface area contributed by atoms with Gasteiger partial charge in [-0.15, -0.1) is 13.2 Å². The second kappa shape index (κ2) is 5.28. The largest absolute Gasteiger partial charge is 0.427 e. The predicted octanol–water partition coefficient (Wildman–Crippen LogP) is 3.48. The maximum atomic E-state index is 5.76. The fourth-order valence-electron chi connectivity index (χ4n) is 1.10. The molecule has 0 rings (SSSR count). The maximum Gasteiger partial charge on any atom is 0.319 e. The summed E-state index contributed by atoms with van der Waals surface area (Å²) < 4.78 is 5.76. The fourth-order valence-corrected chi connectivity index (χ4v) is 1.10. The molecule has 2 heteroatoms. The van der Waals surface area contributed by atoms with E-state index in [4.69, 9.17) is 4.65 Å². The third-order valence-electron chi connectivity index (χ3n) is 1.77. The highest BCUT2D eigenvalue weighted by molar-refractivity contribution is 6.58. The van der Waals surface area contributed by atoms with Crippen LogP contribution in [0, 0.1) is 0 Å². The van der Waals surface area contributed by atoms with Crippen LogP contribution in [0.2, 0.25) is 6.82 Å². The summed E-state index contributed by atoms with van der Waals surface area (Å²) in [7, 11) is 0. The van der Waals surface area contributed by atoms with Crippen LogP contribution in [0.25, 0.3) is 0 Å². The number of hydrogen-bond donors (Lipinski definition) is 0. The Bertz CT molecular complexity index is 179. The van der Waals surface area contributed by atoms with Gasteiger partial charge in [-0.2, -0.15) is 0 Å². The molecule has 0 radical (unpaired) electrons. The lowest BCUT2D eigenvalue weighted by molar-refractivity contribution is 0.132. The Balaban J connectivity index is 3.89. The molecule has 0 aromatic rings. The Hall–Kier alpha value is -0.495. The number of rotatable bonds is 5. The van der Waals surface area contributed by atoms with Crippen LogP contribution in [0.3, 0.4) is 0 Å². The highest BCUT2D eigenvalue weighted by atomic mass is 16.5. The van der Waals surface area contributed by atoms with Crippen molar-refractivity contribution in [1.29, 1.82) is 0 Å². The van der Waals surface area contributed by atoms with Gasteiger partial charge in [0.2, 0.25) is 0 Å². The summed E-state index contributed by atoms with van der Waals surface area (Å²) in [4.78, 5) is 0. The van der Waals surface area contributed by atoms with Crippen molar-refractivity contribution in [2.45, 2.75) is 46.0 Å². The van der Waals surface area contributed by atoms with E-state index < -0.39 is 0 Å². The molecular weight excluding hydrogens is 159 g/mol. The van der Waals surface area contributed by atoms with Crippen molar-refractivity contribution >= 4 is 6.92 Å². The van der Waals surface area contributed by atoms with Crippen molar-refractivity contribution in [3.63, 3.8) is 0 Å². The molecule has 0 aromatic carbocycles. The van der Waals surface area contributed by atoms with Crippen LogP contribution in [0.4, 0.5) is 0 Å². The quantitative estimate of drug-likeness (QED) is 0.464. The molecule has 0 unspecified atom stereocenters. The molecule has 0 fully saturated rings. The van der Waals surface area contributed by atoms with E-state index in [1.807, 2.05) is 6.08 Å². The molecule has 0 aliphatic carbocycles. The van der Waals surface area contributed by atoms with Gasteiger partial charge in [0.25, 0.3) is 0 Å². The molecule has 0 aliphatic rings. The summed E-state index contributed by atoms with van der Waals surface area (Å²) in [5, 5.41) is 0. The van der Waals surface area contributed by atoms with E-state index in [0.717, 1.165) is 18.3 Å². The van der Waals surface area contributed by atoms with E-state index in [1.165, 1.54) is 0 Å². The van der Waals surface area contributed by atoms with Crippen molar-refractivity contribution in [2.24, 2.45) is 0 Å². The van der Waals surface area contributed by atoms with Crippen LogP contribution < -0.4 is 0 Å². The van der Waals surface area contributed by atoms with Crippen molar-refractivity contribution in [2.75, 3.05) is 0 Å². The molecule has 1 nitrogen and oxygen atoms in total. The number of allylic oxidation sites excluding steroid dienone is 2. The van der Waals surface area contributed by atoms with Crippen molar-refractivity contribution in [1.82, 2.24) is 0 Å². The van der Waals surface area contributed by atoms with Gasteiger partial charge in [-0.05, 0) is 33.6 Å². The first kappa shape index (κ1) is 12.5. The van der Waals surface area contributed by atoms with Crippen molar-refractivity contribution in [3.05, 3.63) is 24.7 Å². The van der Waals surface area contributed by atoms with E-state index in [0.29, 0.717) is 0 Å². The lowest BCUT2D eigenvalue weighted by Crippen LogP contribution is -2.29. The molecule has 0 aromatic heterocycles. The first-order chi connectivity index (χ1) is 5.87. The van der Waals surface area contributed by atoms with E-state index in [1.54, 1.807) is 0 Å². The molecule has 74 valence electrons. The first-order valence-electron chi connectivity index (χ1n) is 4.83. The van der Waals surface area contributed by atoms with Gasteiger partial charge < -0.3 is 4.65 Å². The second-order valence-corrected chi connectivity index (χ2v) is 4.36. The van der Waals surface area contributed by atoms with Crippen LogP contribution in [0.15, 0.2) is 24.7 Å². The zero-order chi connectivity index (χ0) is 10.5. The third-order valence-corrected chi connectivity index (χ3v) is 1.77. The molecular formula is C11H21BO. The molecule has 0 heterocycles. The smallest absolute Gasteiger partial charge is 0.319 e. The standard InChI is InChI=1S/C11H21BO/c1-7-8-9-10(2)12(6)13-11(3,4)5/h7H,1-2,8-9H2,3-6H3. The summed E-state index contributed by atoms with van der Waals surface area (Å²) in [6, 6.07) is 0. The normalized spacial score (nSPS) is 11.1. The molecule has 0 spiro atoms. The molecule has 13 heavy (non-hydrogen) atoms. The summed E-state index contributed by atoms with van der Waals surface area (Å²) in [6.07, 6.45) is 3.87. The van der Waals surface area contributed by atoms with Gasteiger partial charge in [0.15, 0.2) is 0 Å². The van der Waals surface area contributed by atoms with Crippen molar-refractivity contribution < 1.29 is 4.65 Å². The first-order valence-corrected chi connectivity index (χ1v) is 4.83. The van der Waals surface area contributed by atoms with E-state index in [-0.39, 0.29) is 12.5 Å². The molecule has 0 amide bonds. The van der Waals surface area contributed by atoms with Crippen molar-refractivity contribution in [3.8, 4) is 0 Å². The van der Waals surface area contributed by atoms with Crippen LogP contribution in [0.1, 0.15) is 33.6 Å². The van der Waals surface area contributed by atoms with Crippen LogP contribution in [-0.2, 0) is 4.65 Å². The maximum absolute atomic E-state index is 5.76. The zero-order valence-electron chi connectivity index (χ0n) is 9.39. The highest BCUT2D eigenvalue weighted by Crippen LogP contribution is 2.15. The lowest BCUT2D eigenvalue weighted by Gasteiger charge is -2.24. The Morgan fingerprint density at radius 3 is 2.38 bits per heavy atom. The highest BCUT2D eigenvalue weighted by Gasteiger charge is 2.20. The Morgan fingerprint density at radius 2 is 2.00 bits per heavy atom. The lowest BCUT2D eigenvalue weighted by atomic mass is 9.61. The average Bonchev–Trinajstić information content (AvgIpc) is 1.96. The molecule has 0 saturated carbocycles. The van der Waals surface area contributed by atoms with Gasteiger partial charge in [-0.25, -0.2) is 0 Å². The molecule has 0 atom stereocenters. The Kier molecular flexibility index (Phi) is 5.08. The molecule has 0 aliphatic heterocycles.